The third kappa shape index (κ3) is 6.12. The van der Waals surface area contributed by atoms with Crippen LogP contribution in [-0.4, -0.2) is 36.1 Å². The Hall–Kier alpha value is -2.18. The van der Waals surface area contributed by atoms with E-state index in [0.29, 0.717) is 6.42 Å². The lowest BCUT2D eigenvalue weighted by Crippen LogP contribution is -2.47. The van der Waals surface area contributed by atoms with Gasteiger partial charge in [-0.1, -0.05) is 30.3 Å². The molecule has 0 heterocycles. The minimum Gasteiger partial charge on any atom is -0.480 e. The second-order valence-electron chi connectivity index (χ2n) is 4.16. The molecule has 0 saturated carbocycles. The molecule has 0 aliphatic heterocycles. The molecule has 110 valence electrons. The van der Waals surface area contributed by atoms with Crippen LogP contribution in [0.3, 0.4) is 0 Å². The summed E-state index contributed by atoms with van der Waals surface area (Å²) in [6.07, 6.45) is -2.03. The lowest BCUT2D eigenvalue weighted by Gasteiger charge is -2.15. The van der Waals surface area contributed by atoms with Crippen molar-refractivity contribution in [2.45, 2.75) is 25.3 Å². The number of hydrogen-bond donors (Lipinski definition) is 3. The molecule has 0 radical (unpaired) electrons. The van der Waals surface area contributed by atoms with Crippen LogP contribution in [0.2, 0.25) is 0 Å². The van der Waals surface area contributed by atoms with Gasteiger partial charge < -0.3 is 15.7 Å². The van der Waals surface area contributed by atoms with E-state index in [1.165, 1.54) is 0 Å². The van der Waals surface area contributed by atoms with Gasteiger partial charge in [0.25, 0.3) is 6.43 Å². The van der Waals surface area contributed by atoms with Gasteiger partial charge in [-0.15, -0.1) is 0 Å². The number of alkyl halides is 2. The fraction of sp³-hybridized carbons (Fsp3) is 0.385. The Morgan fingerprint density at radius 3 is 2.40 bits per heavy atom. The Labute approximate surface area is 115 Å². The maximum Gasteiger partial charge on any atom is 0.326 e. The molecule has 0 aromatic heterocycles. The number of aliphatic carboxylic acids is 1. The number of amides is 2. The third-order valence-corrected chi connectivity index (χ3v) is 2.58. The van der Waals surface area contributed by atoms with E-state index in [1.807, 2.05) is 35.6 Å². The van der Waals surface area contributed by atoms with E-state index < -0.39 is 31.0 Å². The highest BCUT2D eigenvalue weighted by Gasteiger charge is 2.20. The molecule has 5 nitrogen and oxygen atoms in total. The van der Waals surface area contributed by atoms with E-state index in [1.54, 1.807) is 0 Å². The van der Waals surface area contributed by atoms with Crippen LogP contribution in [-0.2, 0) is 11.2 Å². The van der Waals surface area contributed by atoms with Crippen LogP contribution < -0.4 is 10.6 Å². The van der Waals surface area contributed by atoms with Crippen molar-refractivity contribution in [3.05, 3.63) is 35.9 Å². The van der Waals surface area contributed by atoms with Crippen LogP contribution in [0.15, 0.2) is 30.3 Å². The zero-order valence-electron chi connectivity index (χ0n) is 10.7. The summed E-state index contributed by atoms with van der Waals surface area (Å²) >= 11 is 0. The Kier molecular flexibility index (Phi) is 6.42. The zero-order chi connectivity index (χ0) is 15.0. The van der Waals surface area contributed by atoms with E-state index >= 15 is 0 Å². The molecule has 3 N–H and O–H groups in total. The first kappa shape index (κ1) is 15.9. The number of aryl methyl sites for hydroxylation is 1. The molecule has 1 aromatic carbocycles. The van der Waals surface area contributed by atoms with Gasteiger partial charge in [0.05, 0.1) is 6.54 Å². The summed E-state index contributed by atoms with van der Waals surface area (Å²) in [6, 6.07) is 7.15. The average Bonchev–Trinajstić information content (AvgIpc) is 2.42. The van der Waals surface area contributed by atoms with E-state index in [-0.39, 0.29) is 6.42 Å². The summed E-state index contributed by atoms with van der Waals surface area (Å²) in [7, 11) is 0. The van der Waals surface area contributed by atoms with Crippen molar-refractivity contribution in [2.75, 3.05) is 6.54 Å². The normalized spacial score (nSPS) is 11.9. The highest BCUT2D eigenvalue weighted by molar-refractivity contribution is 5.82. The fourth-order valence-corrected chi connectivity index (χ4v) is 1.59. The lowest BCUT2D eigenvalue weighted by molar-refractivity contribution is -0.139. The standard InChI is InChI=1S/C13H16F2N2O3/c14-11(15)8-16-13(20)17-10(12(18)19)7-6-9-4-2-1-3-5-9/h1-5,10-11H,6-8H2,(H,18,19)(H2,16,17,20). The van der Waals surface area contributed by atoms with Crippen LogP contribution in [0.25, 0.3) is 0 Å². The minimum atomic E-state index is -2.67. The molecule has 2 amide bonds. The van der Waals surface area contributed by atoms with Gasteiger partial charge in [0.2, 0.25) is 0 Å². The molecule has 0 bridgehead atoms. The molecule has 1 unspecified atom stereocenters. The van der Waals surface area contributed by atoms with E-state index in [9.17, 15) is 18.4 Å². The SMILES string of the molecule is O=C(NCC(F)F)NC(CCc1ccccc1)C(=O)O. The highest BCUT2D eigenvalue weighted by Crippen LogP contribution is 2.05. The molecular weight excluding hydrogens is 270 g/mol. The van der Waals surface area contributed by atoms with Crippen molar-refractivity contribution in [3.63, 3.8) is 0 Å². The van der Waals surface area contributed by atoms with Crippen molar-refractivity contribution in [2.24, 2.45) is 0 Å². The maximum atomic E-state index is 11.9. The number of urea groups is 1. The summed E-state index contributed by atoms with van der Waals surface area (Å²) in [6.45, 7) is -0.809. The van der Waals surface area contributed by atoms with Crippen LogP contribution in [0.1, 0.15) is 12.0 Å². The van der Waals surface area contributed by atoms with Gasteiger partial charge >= 0.3 is 12.0 Å². The van der Waals surface area contributed by atoms with Crippen molar-refractivity contribution in [1.29, 1.82) is 0 Å². The molecular formula is C13H16F2N2O3. The summed E-state index contributed by atoms with van der Waals surface area (Å²) in [5.74, 6) is -1.20. The second kappa shape index (κ2) is 8.08. The zero-order valence-corrected chi connectivity index (χ0v) is 10.7. The smallest absolute Gasteiger partial charge is 0.326 e. The van der Waals surface area contributed by atoms with Gasteiger partial charge in [-0.05, 0) is 18.4 Å². The minimum absolute atomic E-state index is 0.182. The molecule has 7 heteroatoms. The van der Waals surface area contributed by atoms with Crippen molar-refractivity contribution in [1.82, 2.24) is 10.6 Å². The van der Waals surface area contributed by atoms with Gasteiger partial charge in [0.15, 0.2) is 0 Å². The van der Waals surface area contributed by atoms with Crippen molar-refractivity contribution >= 4 is 12.0 Å². The Morgan fingerprint density at radius 1 is 1.20 bits per heavy atom. The Morgan fingerprint density at radius 2 is 1.85 bits per heavy atom. The molecule has 0 aliphatic carbocycles. The topological polar surface area (TPSA) is 78.4 Å². The lowest BCUT2D eigenvalue weighted by atomic mass is 10.1. The summed E-state index contributed by atoms with van der Waals surface area (Å²) in [4.78, 5) is 22.3. The number of carbonyl (C=O) groups excluding carboxylic acids is 1. The molecule has 0 saturated heterocycles. The predicted octanol–water partition coefficient (Wildman–Crippen LogP) is 1.64. The molecule has 0 spiro atoms. The van der Waals surface area contributed by atoms with Crippen LogP contribution in [0.4, 0.5) is 13.6 Å². The summed E-state index contributed by atoms with van der Waals surface area (Å²) in [5, 5.41) is 13.0. The van der Waals surface area contributed by atoms with Gasteiger partial charge in [-0.3, -0.25) is 0 Å². The van der Waals surface area contributed by atoms with E-state index in [2.05, 4.69) is 5.32 Å². The molecule has 20 heavy (non-hydrogen) atoms. The fourth-order valence-electron chi connectivity index (χ4n) is 1.59. The maximum absolute atomic E-state index is 11.9. The number of halogens is 2. The number of rotatable bonds is 7. The first-order chi connectivity index (χ1) is 9.49. The van der Waals surface area contributed by atoms with E-state index in [0.717, 1.165) is 5.56 Å². The van der Waals surface area contributed by atoms with Gasteiger partial charge in [0.1, 0.15) is 6.04 Å². The van der Waals surface area contributed by atoms with Crippen LogP contribution in [0.5, 0.6) is 0 Å². The number of nitrogens with one attached hydrogen (secondary N) is 2. The average molecular weight is 286 g/mol. The monoisotopic (exact) mass is 286 g/mol. The number of benzene rings is 1. The second-order valence-corrected chi connectivity index (χ2v) is 4.16. The van der Waals surface area contributed by atoms with Gasteiger partial charge in [0, 0.05) is 0 Å². The highest BCUT2D eigenvalue weighted by atomic mass is 19.3. The number of carboxylic acid groups (broad SMARTS) is 1. The predicted molar refractivity (Wildman–Crippen MR) is 68.7 cm³/mol. The molecule has 1 rings (SSSR count). The Bertz CT molecular complexity index is 441. The van der Waals surface area contributed by atoms with Crippen LogP contribution in [0, 0.1) is 0 Å². The first-order valence-electron chi connectivity index (χ1n) is 6.08. The number of carbonyl (C=O) groups is 2. The largest absolute Gasteiger partial charge is 0.480 e. The van der Waals surface area contributed by atoms with E-state index in [4.69, 9.17) is 5.11 Å². The van der Waals surface area contributed by atoms with Crippen molar-refractivity contribution in [3.8, 4) is 0 Å². The quantitative estimate of drug-likeness (QED) is 0.713. The van der Waals surface area contributed by atoms with Crippen LogP contribution >= 0.6 is 0 Å². The summed E-state index contributed by atoms with van der Waals surface area (Å²) in [5.41, 5.74) is 0.938. The van der Waals surface area contributed by atoms with Gasteiger partial charge in [-0.25, -0.2) is 18.4 Å². The third-order valence-electron chi connectivity index (χ3n) is 2.58. The molecule has 0 fully saturated rings. The molecule has 0 aliphatic rings. The molecule has 1 atom stereocenters. The number of carboxylic acids is 1. The van der Waals surface area contributed by atoms with Gasteiger partial charge in [-0.2, -0.15) is 0 Å². The number of hydrogen-bond acceptors (Lipinski definition) is 2. The molecule has 1 aromatic rings. The van der Waals surface area contributed by atoms with Crippen molar-refractivity contribution < 1.29 is 23.5 Å². The first-order valence-corrected chi connectivity index (χ1v) is 6.08. The summed E-state index contributed by atoms with van der Waals surface area (Å²) < 4.78 is 23.8. The Balaban J connectivity index is 2.44.